The number of ether oxygens (including phenoxy) is 3. The topological polar surface area (TPSA) is 61.8 Å². The van der Waals surface area contributed by atoms with Crippen LogP contribution in [0.25, 0.3) is 0 Å². The van der Waals surface area contributed by atoms with Gasteiger partial charge in [-0.2, -0.15) is 0 Å². The molecule has 0 amide bonds. The number of hydrogen-bond donors (Lipinski definition) is 0. The Labute approximate surface area is 94.7 Å². The maximum Gasteiger partial charge on any atom is 0.345 e. The van der Waals surface area contributed by atoms with Crippen LogP contribution in [0.2, 0.25) is 0 Å². The lowest BCUT2D eigenvalue weighted by molar-refractivity contribution is -0.146. The summed E-state index contributed by atoms with van der Waals surface area (Å²) >= 11 is 0. The van der Waals surface area contributed by atoms with Crippen molar-refractivity contribution in [1.82, 2.24) is 0 Å². The summed E-state index contributed by atoms with van der Waals surface area (Å²) in [6.45, 7) is 3.71. The molecule has 0 fully saturated rings. The molecule has 0 unspecified atom stereocenters. The third-order valence-corrected chi connectivity index (χ3v) is 1.47. The Kier molecular flexibility index (Phi) is 7.57. The van der Waals surface area contributed by atoms with Gasteiger partial charge in [-0.05, 0) is 26.0 Å². The number of hydrogen-bond acceptors (Lipinski definition) is 5. The molecule has 5 nitrogen and oxygen atoms in total. The second-order valence-corrected chi connectivity index (χ2v) is 2.59. The van der Waals surface area contributed by atoms with Crippen LogP contribution < -0.4 is 0 Å². The average molecular weight is 228 g/mol. The van der Waals surface area contributed by atoms with Crippen molar-refractivity contribution >= 4 is 11.9 Å². The van der Waals surface area contributed by atoms with Crippen molar-refractivity contribution in [2.75, 3.05) is 20.3 Å². The molecule has 5 heteroatoms. The summed E-state index contributed by atoms with van der Waals surface area (Å²) in [5.41, 5.74) is -0.156. The van der Waals surface area contributed by atoms with E-state index in [1.54, 1.807) is 13.8 Å². The average Bonchev–Trinajstić information content (AvgIpc) is 2.25. The van der Waals surface area contributed by atoms with Crippen LogP contribution in [-0.2, 0) is 23.8 Å². The van der Waals surface area contributed by atoms with Crippen LogP contribution in [0, 0.1) is 0 Å². The van der Waals surface area contributed by atoms with Gasteiger partial charge in [0.25, 0.3) is 0 Å². The summed E-state index contributed by atoms with van der Waals surface area (Å²) < 4.78 is 14.1. The number of rotatable bonds is 6. The molecule has 0 aromatic rings. The zero-order chi connectivity index (χ0) is 12.4. The minimum Gasteiger partial charge on any atom is -0.504 e. The number of carbonyl (C=O) groups is 2. The van der Waals surface area contributed by atoms with Gasteiger partial charge < -0.3 is 14.2 Å². The summed E-state index contributed by atoms with van der Waals surface area (Å²) in [6, 6.07) is 0. The van der Waals surface area contributed by atoms with Gasteiger partial charge in [0.2, 0.25) is 0 Å². The first-order valence-corrected chi connectivity index (χ1v) is 4.91. The zero-order valence-electron chi connectivity index (χ0n) is 9.69. The molecule has 0 bridgehead atoms. The van der Waals surface area contributed by atoms with Crippen LogP contribution in [0.15, 0.2) is 24.0 Å². The predicted molar refractivity (Wildman–Crippen MR) is 57.5 cm³/mol. The molecule has 0 atom stereocenters. The molecule has 0 saturated carbocycles. The number of carbonyl (C=O) groups excluding carboxylic acids is 2. The van der Waals surface area contributed by atoms with Gasteiger partial charge in [0, 0.05) is 0 Å². The van der Waals surface area contributed by atoms with Gasteiger partial charge in [0.15, 0.2) is 0 Å². The first-order valence-electron chi connectivity index (χ1n) is 4.91. The zero-order valence-corrected chi connectivity index (χ0v) is 9.69. The van der Waals surface area contributed by atoms with Gasteiger partial charge in [-0.15, -0.1) is 0 Å². The molecule has 0 aromatic carbocycles. The Hall–Kier alpha value is -1.78. The predicted octanol–water partition coefficient (Wildman–Crippen LogP) is 1.20. The fourth-order valence-corrected chi connectivity index (χ4v) is 0.851. The Morgan fingerprint density at radius 2 is 1.56 bits per heavy atom. The number of esters is 2. The van der Waals surface area contributed by atoms with Crippen LogP contribution in [0.3, 0.4) is 0 Å². The minimum absolute atomic E-state index is 0.156. The first kappa shape index (κ1) is 14.2. The smallest absolute Gasteiger partial charge is 0.345 e. The fraction of sp³-hybridized carbons (Fsp3) is 0.455. The first-order chi connectivity index (χ1) is 7.67. The van der Waals surface area contributed by atoms with Gasteiger partial charge >= 0.3 is 11.9 Å². The van der Waals surface area contributed by atoms with Crippen LogP contribution in [0.1, 0.15) is 13.8 Å². The molecule has 16 heavy (non-hydrogen) atoms. The number of methoxy groups -OCH3 is 1. The third kappa shape index (κ3) is 5.19. The van der Waals surface area contributed by atoms with Crippen LogP contribution in [-0.4, -0.2) is 32.3 Å². The van der Waals surface area contributed by atoms with Crippen LogP contribution in [0.4, 0.5) is 0 Å². The number of allylic oxidation sites excluding steroid dienone is 2. The van der Waals surface area contributed by atoms with Crippen molar-refractivity contribution in [2.24, 2.45) is 0 Å². The second-order valence-electron chi connectivity index (χ2n) is 2.59. The van der Waals surface area contributed by atoms with E-state index in [-0.39, 0.29) is 18.8 Å². The van der Waals surface area contributed by atoms with Gasteiger partial charge in [-0.1, -0.05) is 0 Å². The summed E-state index contributed by atoms with van der Waals surface area (Å²) in [6.07, 6.45) is 4.04. The normalized spacial score (nSPS) is 9.69. The molecule has 0 spiro atoms. The highest BCUT2D eigenvalue weighted by Gasteiger charge is 2.19. The molecule has 0 saturated heterocycles. The molecule has 0 aliphatic rings. The lowest BCUT2D eigenvalue weighted by Crippen LogP contribution is -2.18. The van der Waals surface area contributed by atoms with E-state index in [0.717, 1.165) is 0 Å². The van der Waals surface area contributed by atoms with Crippen LogP contribution in [0.5, 0.6) is 0 Å². The summed E-state index contributed by atoms with van der Waals surface area (Å²) in [5.74, 6) is -1.41. The highest BCUT2D eigenvalue weighted by atomic mass is 16.6. The van der Waals surface area contributed by atoms with Gasteiger partial charge in [0.1, 0.15) is 5.57 Å². The maximum absolute atomic E-state index is 11.4. The van der Waals surface area contributed by atoms with Crippen LogP contribution >= 0.6 is 0 Å². The van der Waals surface area contributed by atoms with E-state index in [1.165, 1.54) is 25.5 Å². The standard InChI is InChI=1S/C11H16O5/c1-4-15-10(12)9(7-6-8-14-3)11(13)16-5-2/h6-8H,4-5H2,1-3H3. The molecule has 0 radical (unpaired) electrons. The molecule has 0 aliphatic carbocycles. The van der Waals surface area contributed by atoms with E-state index in [2.05, 4.69) is 4.74 Å². The molecule has 90 valence electrons. The second kappa shape index (κ2) is 8.52. The Morgan fingerprint density at radius 3 is 1.94 bits per heavy atom. The van der Waals surface area contributed by atoms with Crippen molar-refractivity contribution < 1.29 is 23.8 Å². The third-order valence-electron chi connectivity index (χ3n) is 1.47. The quantitative estimate of drug-likeness (QED) is 0.171. The molecule has 0 aromatic heterocycles. The fourth-order valence-electron chi connectivity index (χ4n) is 0.851. The monoisotopic (exact) mass is 228 g/mol. The van der Waals surface area contributed by atoms with Crippen molar-refractivity contribution in [1.29, 1.82) is 0 Å². The van der Waals surface area contributed by atoms with E-state index in [9.17, 15) is 9.59 Å². The lowest BCUT2D eigenvalue weighted by Gasteiger charge is -2.05. The molecular formula is C11H16O5. The Bertz CT molecular complexity index is 271. The van der Waals surface area contributed by atoms with Gasteiger partial charge in [-0.25, -0.2) is 9.59 Å². The van der Waals surface area contributed by atoms with E-state index in [1.807, 2.05) is 0 Å². The summed E-state index contributed by atoms with van der Waals surface area (Å²) in [7, 11) is 1.46. The maximum atomic E-state index is 11.4. The Balaban J connectivity index is 4.75. The van der Waals surface area contributed by atoms with E-state index in [4.69, 9.17) is 9.47 Å². The largest absolute Gasteiger partial charge is 0.504 e. The van der Waals surface area contributed by atoms with Crippen molar-refractivity contribution in [3.63, 3.8) is 0 Å². The molecule has 0 rings (SSSR count). The Morgan fingerprint density at radius 1 is 1.06 bits per heavy atom. The molecule has 0 heterocycles. The lowest BCUT2D eigenvalue weighted by atomic mass is 10.2. The van der Waals surface area contributed by atoms with Crippen molar-refractivity contribution in [3.05, 3.63) is 24.0 Å². The summed E-state index contributed by atoms with van der Waals surface area (Å²) in [5, 5.41) is 0. The van der Waals surface area contributed by atoms with E-state index in [0.29, 0.717) is 0 Å². The molecular weight excluding hydrogens is 212 g/mol. The van der Waals surface area contributed by atoms with E-state index >= 15 is 0 Å². The molecule has 0 aliphatic heterocycles. The molecule has 0 N–H and O–H groups in total. The highest BCUT2D eigenvalue weighted by molar-refractivity contribution is 6.14. The van der Waals surface area contributed by atoms with Crippen molar-refractivity contribution in [2.45, 2.75) is 13.8 Å². The minimum atomic E-state index is -0.707. The SMILES string of the molecule is CCOC(=O)C(=CC=COC)C(=O)OCC. The van der Waals surface area contributed by atoms with Crippen molar-refractivity contribution in [3.8, 4) is 0 Å². The summed E-state index contributed by atoms with van der Waals surface area (Å²) in [4.78, 5) is 22.8. The van der Waals surface area contributed by atoms with Gasteiger partial charge in [0.05, 0.1) is 26.6 Å². The van der Waals surface area contributed by atoms with E-state index < -0.39 is 11.9 Å². The van der Waals surface area contributed by atoms with Gasteiger partial charge in [-0.3, -0.25) is 0 Å². The highest BCUT2D eigenvalue weighted by Crippen LogP contribution is 2.02.